The standard InChI is InChI=1S/C19H22FNO3/c1-4-5-10-24-17-9-6-14(12-18(17)23-3)19(22)21-15-7-8-16(20)13(2)11-15/h6-9,11-12H,4-5,10H2,1-3H3,(H,21,22). The van der Waals surface area contributed by atoms with Crippen LogP contribution in [0.4, 0.5) is 10.1 Å². The van der Waals surface area contributed by atoms with E-state index in [0.29, 0.717) is 34.9 Å². The van der Waals surface area contributed by atoms with Gasteiger partial charge in [0.05, 0.1) is 13.7 Å². The summed E-state index contributed by atoms with van der Waals surface area (Å²) in [7, 11) is 1.53. The van der Waals surface area contributed by atoms with Gasteiger partial charge in [-0.15, -0.1) is 0 Å². The Morgan fingerprint density at radius 3 is 2.62 bits per heavy atom. The van der Waals surface area contributed by atoms with E-state index in [4.69, 9.17) is 9.47 Å². The lowest BCUT2D eigenvalue weighted by atomic mass is 10.1. The van der Waals surface area contributed by atoms with Crippen LogP contribution in [0.25, 0.3) is 0 Å². The summed E-state index contributed by atoms with van der Waals surface area (Å²) >= 11 is 0. The van der Waals surface area contributed by atoms with Crippen molar-refractivity contribution in [2.75, 3.05) is 19.0 Å². The molecule has 0 heterocycles. The third kappa shape index (κ3) is 4.47. The number of carbonyl (C=O) groups excluding carboxylic acids is 1. The Bertz CT molecular complexity index is 716. The second-order valence-corrected chi connectivity index (χ2v) is 5.49. The predicted octanol–water partition coefficient (Wildman–Crippen LogP) is 4.57. The quantitative estimate of drug-likeness (QED) is 0.756. The lowest BCUT2D eigenvalue weighted by molar-refractivity contribution is 0.102. The molecule has 24 heavy (non-hydrogen) atoms. The normalized spacial score (nSPS) is 10.3. The number of ether oxygens (including phenoxy) is 2. The molecule has 5 heteroatoms. The number of carbonyl (C=O) groups is 1. The van der Waals surface area contributed by atoms with E-state index in [1.807, 2.05) is 0 Å². The Labute approximate surface area is 141 Å². The van der Waals surface area contributed by atoms with Crippen molar-refractivity contribution < 1.29 is 18.7 Å². The topological polar surface area (TPSA) is 47.6 Å². The first kappa shape index (κ1) is 17.8. The average Bonchev–Trinajstić information content (AvgIpc) is 2.58. The third-order valence-corrected chi connectivity index (χ3v) is 3.60. The van der Waals surface area contributed by atoms with Crippen LogP contribution in [0.1, 0.15) is 35.7 Å². The number of methoxy groups -OCH3 is 1. The van der Waals surface area contributed by atoms with Gasteiger partial charge in [0, 0.05) is 11.3 Å². The maximum Gasteiger partial charge on any atom is 0.255 e. The number of nitrogens with one attached hydrogen (secondary N) is 1. The Kier molecular flexibility index (Phi) is 6.18. The number of benzene rings is 2. The van der Waals surface area contributed by atoms with Crippen molar-refractivity contribution in [2.45, 2.75) is 26.7 Å². The summed E-state index contributed by atoms with van der Waals surface area (Å²) in [6.45, 7) is 4.34. The third-order valence-electron chi connectivity index (χ3n) is 3.60. The van der Waals surface area contributed by atoms with Crippen molar-refractivity contribution >= 4 is 11.6 Å². The fourth-order valence-corrected chi connectivity index (χ4v) is 2.18. The highest BCUT2D eigenvalue weighted by atomic mass is 19.1. The molecule has 4 nitrogen and oxygen atoms in total. The van der Waals surface area contributed by atoms with Gasteiger partial charge >= 0.3 is 0 Å². The maximum atomic E-state index is 13.3. The number of amides is 1. The first-order chi connectivity index (χ1) is 11.5. The number of unbranched alkanes of at least 4 members (excludes halogenated alkanes) is 1. The zero-order chi connectivity index (χ0) is 17.5. The summed E-state index contributed by atoms with van der Waals surface area (Å²) in [5, 5.41) is 2.75. The highest BCUT2D eigenvalue weighted by molar-refractivity contribution is 6.04. The minimum atomic E-state index is -0.303. The minimum absolute atomic E-state index is 0.292. The second kappa shape index (κ2) is 8.34. The van der Waals surface area contributed by atoms with Gasteiger partial charge in [0.1, 0.15) is 5.82 Å². The van der Waals surface area contributed by atoms with Crippen LogP contribution >= 0.6 is 0 Å². The van der Waals surface area contributed by atoms with Gasteiger partial charge in [-0.3, -0.25) is 4.79 Å². The Morgan fingerprint density at radius 2 is 1.96 bits per heavy atom. The molecule has 128 valence electrons. The van der Waals surface area contributed by atoms with E-state index in [9.17, 15) is 9.18 Å². The molecule has 1 amide bonds. The van der Waals surface area contributed by atoms with Crippen molar-refractivity contribution in [3.8, 4) is 11.5 Å². The van der Waals surface area contributed by atoms with E-state index in [-0.39, 0.29) is 11.7 Å². The van der Waals surface area contributed by atoms with Crippen molar-refractivity contribution in [3.05, 3.63) is 53.3 Å². The van der Waals surface area contributed by atoms with Gasteiger partial charge in [0.25, 0.3) is 5.91 Å². The SMILES string of the molecule is CCCCOc1ccc(C(=O)Nc2ccc(F)c(C)c2)cc1OC. The number of anilines is 1. The number of hydrogen-bond donors (Lipinski definition) is 1. The molecule has 0 radical (unpaired) electrons. The summed E-state index contributed by atoms with van der Waals surface area (Å²) < 4.78 is 24.2. The van der Waals surface area contributed by atoms with Gasteiger partial charge in [-0.25, -0.2) is 4.39 Å². The van der Waals surface area contributed by atoms with Crippen molar-refractivity contribution in [3.63, 3.8) is 0 Å². The molecule has 0 spiro atoms. The van der Waals surface area contributed by atoms with E-state index in [1.54, 1.807) is 31.2 Å². The van der Waals surface area contributed by atoms with E-state index >= 15 is 0 Å². The molecule has 2 aromatic rings. The molecule has 0 bridgehead atoms. The molecular weight excluding hydrogens is 309 g/mol. The van der Waals surface area contributed by atoms with Crippen LogP contribution in [-0.4, -0.2) is 19.6 Å². The smallest absolute Gasteiger partial charge is 0.255 e. The molecule has 0 aromatic heterocycles. The lowest BCUT2D eigenvalue weighted by Gasteiger charge is -2.12. The van der Waals surface area contributed by atoms with Crippen LogP contribution in [-0.2, 0) is 0 Å². The Hall–Kier alpha value is -2.56. The number of aryl methyl sites for hydroxylation is 1. The van der Waals surface area contributed by atoms with Gasteiger partial charge in [-0.1, -0.05) is 13.3 Å². The molecule has 0 aliphatic heterocycles. The fraction of sp³-hybridized carbons (Fsp3) is 0.316. The molecule has 0 saturated carbocycles. The maximum absolute atomic E-state index is 13.3. The number of rotatable bonds is 7. The highest BCUT2D eigenvalue weighted by Crippen LogP contribution is 2.28. The summed E-state index contributed by atoms with van der Waals surface area (Å²) in [6.07, 6.45) is 2.00. The Morgan fingerprint density at radius 1 is 1.17 bits per heavy atom. The minimum Gasteiger partial charge on any atom is -0.493 e. The number of halogens is 1. The molecule has 2 rings (SSSR count). The summed E-state index contributed by atoms with van der Waals surface area (Å²) in [5.41, 5.74) is 1.46. The zero-order valence-electron chi connectivity index (χ0n) is 14.2. The summed E-state index contributed by atoms with van der Waals surface area (Å²) in [6, 6.07) is 9.48. The predicted molar refractivity (Wildman–Crippen MR) is 92.5 cm³/mol. The van der Waals surface area contributed by atoms with E-state index < -0.39 is 0 Å². The van der Waals surface area contributed by atoms with Crippen LogP contribution in [0.5, 0.6) is 11.5 Å². The first-order valence-corrected chi connectivity index (χ1v) is 7.93. The molecule has 0 aliphatic carbocycles. The van der Waals surface area contributed by atoms with Gasteiger partial charge in [-0.05, 0) is 55.3 Å². The van der Waals surface area contributed by atoms with E-state index in [0.717, 1.165) is 12.8 Å². The Balaban J connectivity index is 2.12. The molecule has 2 aromatic carbocycles. The van der Waals surface area contributed by atoms with E-state index in [1.165, 1.54) is 19.2 Å². The molecular formula is C19H22FNO3. The van der Waals surface area contributed by atoms with Crippen LogP contribution < -0.4 is 14.8 Å². The molecule has 0 unspecified atom stereocenters. The lowest BCUT2D eigenvalue weighted by Crippen LogP contribution is -2.12. The highest BCUT2D eigenvalue weighted by Gasteiger charge is 2.12. The molecule has 0 atom stereocenters. The summed E-state index contributed by atoms with van der Waals surface area (Å²) in [4.78, 5) is 12.3. The van der Waals surface area contributed by atoms with Crippen LogP contribution in [0.3, 0.4) is 0 Å². The van der Waals surface area contributed by atoms with Crippen molar-refractivity contribution in [1.82, 2.24) is 0 Å². The first-order valence-electron chi connectivity index (χ1n) is 7.93. The molecule has 1 N–H and O–H groups in total. The van der Waals surface area contributed by atoms with Gasteiger partial charge in [0.15, 0.2) is 11.5 Å². The molecule has 0 saturated heterocycles. The van der Waals surface area contributed by atoms with Gasteiger partial charge in [-0.2, -0.15) is 0 Å². The molecule has 0 aliphatic rings. The second-order valence-electron chi connectivity index (χ2n) is 5.49. The van der Waals surface area contributed by atoms with Crippen LogP contribution in [0, 0.1) is 12.7 Å². The largest absolute Gasteiger partial charge is 0.493 e. The van der Waals surface area contributed by atoms with E-state index in [2.05, 4.69) is 12.2 Å². The number of hydrogen-bond acceptors (Lipinski definition) is 3. The van der Waals surface area contributed by atoms with Crippen LogP contribution in [0.15, 0.2) is 36.4 Å². The summed E-state index contributed by atoms with van der Waals surface area (Å²) in [5.74, 6) is 0.525. The van der Waals surface area contributed by atoms with Gasteiger partial charge in [0.2, 0.25) is 0 Å². The van der Waals surface area contributed by atoms with Gasteiger partial charge < -0.3 is 14.8 Å². The van der Waals surface area contributed by atoms with Crippen LogP contribution in [0.2, 0.25) is 0 Å². The zero-order valence-corrected chi connectivity index (χ0v) is 14.2. The monoisotopic (exact) mass is 331 g/mol. The molecule has 0 fully saturated rings. The van der Waals surface area contributed by atoms with Crippen molar-refractivity contribution in [1.29, 1.82) is 0 Å². The fourth-order valence-electron chi connectivity index (χ4n) is 2.18. The average molecular weight is 331 g/mol. The van der Waals surface area contributed by atoms with Crippen molar-refractivity contribution in [2.24, 2.45) is 0 Å².